The van der Waals surface area contributed by atoms with Crippen molar-refractivity contribution in [2.45, 2.75) is 55.1 Å². The molecule has 1 fully saturated rings. The van der Waals surface area contributed by atoms with E-state index in [1.54, 1.807) is 36.4 Å². The van der Waals surface area contributed by atoms with Crippen LogP contribution >= 0.6 is 11.6 Å². The van der Waals surface area contributed by atoms with E-state index in [2.05, 4.69) is 22.5 Å². The maximum Gasteiger partial charge on any atom is 0.408 e. The number of benzene rings is 2. The van der Waals surface area contributed by atoms with Gasteiger partial charge in [0.1, 0.15) is 24.5 Å². The molecule has 1 saturated heterocycles. The summed E-state index contributed by atoms with van der Waals surface area (Å²) in [6.07, 6.45) is 0.294. The minimum absolute atomic E-state index is 0.0277. The van der Waals surface area contributed by atoms with Crippen LogP contribution in [0, 0.1) is 5.41 Å². The van der Waals surface area contributed by atoms with Crippen LogP contribution < -0.4 is 21.7 Å². The van der Waals surface area contributed by atoms with Gasteiger partial charge in [0.25, 0.3) is 0 Å². The van der Waals surface area contributed by atoms with Gasteiger partial charge in [0.05, 0.1) is 4.90 Å². The molecule has 0 spiro atoms. The van der Waals surface area contributed by atoms with E-state index in [0.29, 0.717) is 11.1 Å². The Balaban J connectivity index is 1.70. The first-order valence-electron chi connectivity index (χ1n) is 14.4. The number of piperidine rings is 1. The first-order chi connectivity index (χ1) is 21.8. The molecule has 2 aromatic rings. The summed E-state index contributed by atoms with van der Waals surface area (Å²) in [4.78, 5) is 50.5. The van der Waals surface area contributed by atoms with Crippen molar-refractivity contribution in [3.63, 3.8) is 0 Å². The van der Waals surface area contributed by atoms with Crippen molar-refractivity contribution >= 4 is 51.3 Å². The quantitative estimate of drug-likeness (QED) is 0.0918. The molecular formula is C30H37ClN6O8S. The van der Waals surface area contributed by atoms with Crippen molar-refractivity contribution in [2.75, 3.05) is 19.7 Å². The van der Waals surface area contributed by atoms with Crippen molar-refractivity contribution < 1.29 is 37.4 Å². The molecule has 1 aliphatic rings. The number of carboxylic acids is 1. The number of ether oxygens (including phenoxy) is 1. The fourth-order valence-corrected chi connectivity index (χ4v) is 6.48. The Bertz CT molecular complexity index is 1540. The van der Waals surface area contributed by atoms with Gasteiger partial charge in [-0.1, -0.05) is 54.6 Å². The zero-order valence-electron chi connectivity index (χ0n) is 24.9. The van der Waals surface area contributed by atoms with Crippen LogP contribution in [0.15, 0.2) is 66.1 Å². The molecule has 0 bridgehead atoms. The van der Waals surface area contributed by atoms with E-state index < -0.39 is 58.4 Å². The number of aliphatic carboxylic acids is 1. The Morgan fingerprint density at radius 3 is 2.35 bits per heavy atom. The number of alkyl carbamates (subject to hydrolysis) is 1. The Kier molecular flexibility index (Phi) is 13.1. The second kappa shape index (κ2) is 16.7. The van der Waals surface area contributed by atoms with E-state index in [0.717, 1.165) is 0 Å². The molecule has 1 heterocycles. The monoisotopic (exact) mass is 676 g/mol. The Labute approximate surface area is 271 Å². The molecule has 248 valence electrons. The number of nitrogens with two attached hydrogens (primary N) is 1. The molecule has 0 aromatic heterocycles. The van der Waals surface area contributed by atoms with E-state index in [4.69, 9.17) is 27.5 Å². The number of nitrogens with zero attached hydrogens (tertiary/aromatic N) is 1. The lowest BCUT2D eigenvalue weighted by atomic mass is 10.0. The summed E-state index contributed by atoms with van der Waals surface area (Å²) < 4.78 is 32.3. The third-order valence-corrected chi connectivity index (χ3v) is 9.29. The second-order valence-electron chi connectivity index (χ2n) is 10.5. The number of amidine groups is 1. The highest BCUT2D eigenvalue weighted by Gasteiger charge is 2.33. The molecular weight excluding hydrogens is 640 g/mol. The molecule has 16 heteroatoms. The number of halogens is 1. The van der Waals surface area contributed by atoms with Crippen molar-refractivity contribution in [2.24, 2.45) is 5.73 Å². The summed E-state index contributed by atoms with van der Waals surface area (Å²) in [5.74, 6) is -2.74. The summed E-state index contributed by atoms with van der Waals surface area (Å²) >= 11 is 5.96. The maximum atomic E-state index is 13.4. The largest absolute Gasteiger partial charge is 0.481 e. The topological polar surface area (TPSA) is 221 Å². The Hall–Kier alpha value is -4.47. The van der Waals surface area contributed by atoms with Crippen molar-refractivity contribution in [3.8, 4) is 0 Å². The van der Waals surface area contributed by atoms with Crippen LogP contribution in [0.1, 0.15) is 36.8 Å². The van der Waals surface area contributed by atoms with E-state index in [-0.39, 0.29) is 61.1 Å². The van der Waals surface area contributed by atoms with Crippen LogP contribution in [0.2, 0.25) is 5.02 Å². The number of nitrogens with one attached hydrogen (secondary N) is 4. The molecule has 3 rings (SSSR count). The van der Waals surface area contributed by atoms with Crippen molar-refractivity contribution in [1.82, 2.24) is 20.3 Å². The molecule has 14 nitrogen and oxygen atoms in total. The van der Waals surface area contributed by atoms with E-state index >= 15 is 0 Å². The minimum atomic E-state index is -3.80. The third-order valence-electron chi connectivity index (χ3n) is 7.16. The molecule has 0 saturated carbocycles. The lowest BCUT2D eigenvalue weighted by Gasteiger charge is -2.32. The lowest BCUT2D eigenvalue weighted by molar-refractivity contribution is -0.138. The normalized spacial score (nSPS) is 15.2. The van der Waals surface area contributed by atoms with Crippen LogP contribution in [0.4, 0.5) is 4.79 Å². The first kappa shape index (κ1) is 36.0. The highest BCUT2D eigenvalue weighted by molar-refractivity contribution is 7.89. The second-order valence-corrected chi connectivity index (χ2v) is 12.9. The van der Waals surface area contributed by atoms with Gasteiger partial charge in [0.2, 0.25) is 21.8 Å². The molecule has 2 atom stereocenters. The zero-order chi connectivity index (χ0) is 33.9. The van der Waals surface area contributed by atoms with Crippen molar-refractivity contribution in [1.29, 1.82) is 5.41 Å². The zero-order valence-corrected chi connectivity index (χ0v) is 26.5. The summed E-state index contributed by atoms with van der Waals surface area (Å²) in [5, 5.41) is 24.9. The summed E-state index contributed by atoms with van der Waals surface area (Å²) in [6, 6.07) is 9.41. The molecule has 1 aliphatic heterocycles. The Morgan fingerprint density at radius 2 is 1.76 bits per heavy atom. The first-order valence-corrected chi connectivity index (χ1v) is 16.2. The van der Waals surface area contributed by atoms with Gasteiger partial charge in [-0.15, -0.1) is 0 Å². The van der Waals surface area contributed by atoms with Gasteiger partial charge in [-0.25, -0.2) is 13.2 Å². The summed E-state index contributed by atoms with van der Waals surface area (Å²) in [7, 11) is -3.80. The highest BCUT2D eigenvalue weighted by Crippen LogP contribution is 2.23. The number of rotatable bonds is 15. The molecule has 2 aromatic carbocycles. The predicted octanol–water partition coefficient (Wildman–Crippen LogP) is 1.77. The number of carboxylic acid groups (broad SMARTS) is 1. The summed E-state index contributed by atoms with van der Waals surface area (Å²) in [6.45, 7) is 3.59. The number of amides is 3. The average Bonchev–Trinajstić information content (AvgIpc) is 3.02. The third kappa shape index (κ3) is 10.6. The van der Waals surface area contributed by atoms with Gasteiger partial charge < -0.3 is 31.5 Å². The average molecular weight is 677 g/mol. The number of nitrogen functional groups attached to an aromatic ring is 1. The lowest BCUT2D eigenvalue weighted by Crippen LogP contribution is -2.56. The fourth-order valence-electron chi connectivity index (χ4n) is 4.71. The van der Waals surface area contributed by atoms with Gasteiger partial charge in [-0.3, -0.25) is 19.8 Å². The van der Waals surface area contributed by atoms with Crippen LogP contribution in [0.5, 0.6) is 0 Å². The van der Waals surface area contributed by atoms with Crippen molar-refractivity contribution in [3.05, 3.63) is 77.3 Å². The number of carbonyl (C=O) groups is 4. The SMILES string of the molecule is C=CCOC(=O)N[C@@H](Cc1ccc(C(=N)N)cc1)C(=O)N[C@@H](CCC(=O)O)C(=O)NC1CCN(S(=O)(=O)c2cccc(Cl)c2)CC1. The molecule has 0 aliphatic carbocycles. The Morgan fingerprint density at radius 1 is 1.09 bits per heavy atom. The highest BCUT2D eigenvalue weighted by atomic mass is 35.5. The molecule has 7 N–H and O–H groups in total. The van der Waals surface area contributed by atoms with Crippen LogP contribution in [-0.4, -0.2) is 85.4 Å². The van der Waals surface area contributed by atoms with Crippen LogP contribution in [-0.2, 0) is 35.6 Å². The fraction of sp³-hybridized carbons (Fsp3) is 0.367. The predicted molar refractivity (Wildman–Crippen MR) is 170 cm³/mol. The van der Waals surface area contributed by atoms with Gasteiger partial charge in [0.15, 0.2) is 0 Å². The molecule has 0 unspecified atom stereocenters. The van der Waals surface area contributed by atoms with Crippen LogP contribution in [0.3, 0.4) is 0 Å². The van der Waals surface area contributed by atoms with Gasteiger partial charge in [0, 0.05) is 42.6 Å². The number of hydrogen-bond donors (Lipinski definition) is 6. The maximum absolute atomic E-state index is 13.4. The molecule has 0 radical (unpaired) electrons. The van der Waals surface area contributed by atoms with E-state index in [9.17, 15) is 32.7 Å². The number of carbonyl (C=O) groups excluding carboxylic acids is 3. The van der Waals surface area contributed by atoms with Gasteiger partial charge in [-0.05, 0) is 43.0 Å². The van der Waals surface area contributed by atoms with Gasteiger partial charge >= 0.3 is 12.1 Å². The molecule has 3 amide bonds. The number of sulfonamides is 1. The standard InChI is InChI=1S/C30H37ClN6O8S/c1-2-16-45-30(42)36-25(17-19-6-8-20(9-7-19)27(32)33)29(41)35-24(10-11-26(38)39)28(40)34-22-12-14-37(15-13-22)46(43,44)23-5-3-4-21(31)18-23/h2-9,18,22,24-25H,1,10-17H2,(H3,32,33)(H,34,40)(H,35,41)(H,36,42)(H,38,39)/t24-,25-/m0/s1. The summed E-state index contributed by atoms with van der Waals surface area (Å²) in [5.41, 5.74) is 6.56. The van der Waals surface area contributed by atoms with E-state index in [1.807, 2.05) is 0 Å². The molecule has 46 heavy (non-hydrogen) atoms. The van der Waals surface area contributed by atoms with E-state index in [1.165, 1.54) is 22.5 Å². The van der Waals surface area contributed by atoms with Crippen LogP contribution in [0.25, 0.3) is 0 Å². The number of hydrogen-bond acceptors (Lipinski definition) is 8. The van der Waals surface area contributed by atoms with Gasteiger partial charge in [-0.2, -0.15) is 4.31 Å². The minimum Gasteiger partial charge on any atom is -0.481 e. The smallest absolute Gasteiger partial charge is 0.408 e.